The summed E-state index contributed by atoms with van der Waals surface area (Å²) < 4.78 is 0. The van der Waals surface area contributed by atoms with Crippen LogP contribution in [0.2, 0.25) is 0 Å². The second-order valence-corrected chi connectivity index (χ2v) is 2.92. The molecule has 0 bridgehead atoms. The van der Waals surface area contributed by atoms with Crippen LogP contribution in [0.3, 0.4) is 0 Å². The predicted molar refractivity (Wildman–Crippen MR) is 55.0 cm³/mol. The van der Waals surface area contributed by atoms with E-state index in [1.807, 2.05) is 0 Å². The number of para-hydroxylation sites is 1. The Morgan fingerprint density at radius 2 is 1.69 bits per heavy atom. The largest absolute Gasteiger partial charge is 0.479 e. The van der Waals surface area contributed by atoms with Crippen molar-refractivity contribution in [2.75, 3.05) is 12.2 Å². The standard InChI is InChI=1S/C10H11NO5/c1-16-11(7-5-3-2-4-6-7)8(9(12)13)10(14)15/h2-6,8H,1H3,(H,12,13)(H,14,15). The quantitative estimate of drug-likeness (QED) is 0.563. The molecule has 2 N–H and O–H groups in total. The maximum Gasteiger partial charge on any atom is 0.340 e. The summed E-state index contributed by atoms with van der Waals surface area (Å²) in [7, 11) is 1.21. The fourth-order valence-electron chi connectivity index (χ4n) is 1.24. The number of hydrogen-bond donors (Lipinski definition) is 2. The van der Waals surface area contributed by atoms with Gasteiger partial charge in [0.2, 0.25) is 6.04 Å². The highest BCUT2D eigenvalue weighted by molar-refractivity contribution is 6.00. The van der Waals surface area contributed by atoms with Crippen LogP contribution >= 0.6 is 0 Å². The third-order valence-electron chi connectivity index (χ3n) is 1.91. The summed E-state index contributed by atoms with van der Waals surface area (Å²) >= 11 is 0. The van der Waals surface area contributed by atoms with Crippen LogP contribution in [0.1, 0.15) is 0 Å². The van der Waals surface area contributed by atoms with Gasteiger partial charge >= 0.3 is 11.9 Å². The van der Waals surface area contributed by atoms with Gasteiger partial charge in [-0.3, -0.25) is 4.84 Å². The predicted octanol–water partition coefficient (Wildman–Crippen LogP) is 0.592. The van der Waals surface area contributed by atoms with Gasteiger partial charge in [0.05, 0.1) is 12.8 Å². The van der Waals surface area contributed by atoms with Crippen molar-refractivity contribution in [1.29, 1.82) is 0 Å². The minimum absolute atomic E-state index is 0.361. The first-order valence-corrected chi connectivity index (χ1v) is 4.42. The number of hydroxylamine groups is 1. The molecule has 0 amide bonds. The van der Waals surface area contributed by atoms with Gasteiger partial charge in [0.1, 0.15) is 0 Å². The number of carbonyl (C=O) groups is 2. The summed E-state index contributed by atoms with van der Waals surface area (Å²) in [6, 6.07) is 6.38. The molecule has 6 nitrogen and oxygen atoms in total. The lowest BCUT2D eigenvalue weighted by Crippen LogP contribution is -2.46. The Balaban J connectivity index is 3.05. The molecule has 6 heteroatoms. The third-order valence-corrected chi connectivity index (χ3v) is 1.91. The average molecular weight is 225 g/mol. The van der Waals surface area contributed by atoms with Crippen LogP contribution in [0.5, 0.6) is 0 Å². The van der Waals surface area contributed by atoms with Crippen molar-refractivity contribution in [3.05, 3.63) is 30.3 Å². The SMILES string of the molecule is CON(c1ccccc1)C(C(=O)O)C(=O)O. The van der Waals surface area contributed by atoms with E-state index in [1.165, 1.54) is 7.11 Å². The number of nitrogens with zero attached hydrogens (tertiary/aromatic N) is 1. The number of anilines is 1. The van der Waals surface area contributed by atoms with Gasteiger partial charge in [0.25, 0.3) is 0 Å². The second-order valence-electron chi connectivity index (χ2n) is 2.92. The monoisotopic (exact) mass is 225 g/mol. The van der Waals surface area contributed by atoms with Crippen molar-refractivity contribution < 1.29 is 24.6 Å². The normalized spacial score (nSPS) is 10.1. The molecule has 0 radical (unpaired) electrons. The highest BCUT2D eigenvalue weighted by atomic mass is 16.7. The van der Waals surface area contributed by atoms with E-state index in [0.29, 0.717) is 5.69 Å². The van der Waals surface area contributed by atoms with Gasteiger partial charge < -0.3 is 10.2 Å². The Bertz CT molecular complexity index is 364. The van der Waals surface area contributed by atoms with Crippen molar-refractivity contribution in [3.63, 3.8) is 0 Å². The van der Waals surface area contributed by atoms with Crippen LogP contribution in [0, 0.1) is 0 Å². The molecular formula is C10H11NO5. The molecule has 0 saturated carbocycles. The van der Waals surface area contributed by atoms with Crippen molar-refractivity contribution in [1.82, 2.24) is 0 Å². The molecule has 0 fully saturated rings. The summed E-state index contributed by atoms with van der Waals surface area (Å²) in [5, 5.41) is 18.4. The van der Waals surface area contributed by atoms with Gasteiger partial charge in [-0.05, 0) is 12.1 Å². The Hall–Kier alpha value is -2.08. The second kappa shape index (κ2) is 5.13. The molecule has 0 aliphatic heterocycles. The highest BCUT2D eigenvalue weighted by Gasteiger charge is 2.33. The maximum absolute atomic E-state index is 10.8. The molecule has 1 aromatic carbocycles. The van der Waals surface area contributed by atoms with Crippen molar-refractivity contribution in [3.8, 4) is 0 Å². The van der Waals surface area contributed by atoms with Crippen LogP contribution < -0.4 is 5.06 Å². The third kappa shape index (κ3) is 2.48. The Morgan fingerprint density at radius 3 is 2.06 bits per heavy atom. The van der Waals surface area contributed by atoms with E-state index in [1.54, 1.807) is 30.3 Å². The molecule has 0 saturated heterocycles. The number of carboxylic acid groups (broad SMARTS) is 2. The van der Waals surface area contributed by atoms with Gasteiger partial charge in [-0.15, -0.1) is 0 Å². The van der Waals surface area contributed by atoms with Crippen LogP contribution in [-0.4, -0.2) is 35.3 Å². The van der Waals surface area contributed by atoms with E-state index in [-0.39, 0.29) is 0 Å². The summed E-state index contributed by atoms with van der Waals surface area (Å²) in [5.41, 5.74) is 0.361. The zero-order valence-electron chi connectivity index (χ0n) is 8.53. The smallest absolute Gasteiger partial charge is 0.340 e. The first-order chi connectivity index (χ1) is 7.57. The first kappa shape index (κ1) is 12.0. The van der Waals surface area contributed by atoms with E-state index >= 15 is 0 Å². The molecule has 16 heavy (non-hydrogen) atoms. The molecule has 0 aromatic heterocycles. The van der Waals surface area contributed by atoms with Crippen molar-refractivity contribution in [2.45, 2.75) is 6.04 Å². The van der Waals surface area contributed by atoms with Gasteiger partial charge in [-0.2, -0.15) is 0 Å². The number of benzene rings is 1. The van der Waals surface area contributed by atoms with E-state index in [2.05, 4.69) is 0 Å². The lowest BCUT2D eigenvalue weighted by atomic mass is 10.2. The number of hydrogen-bond acceptors (Lipinski definition) is 4. The molecule has 1 aromatic rings. The van der Waals surface area contributed by atoms with Gasteiger partial charge in [0.15, 0.2) is 0 Å². The maximum atomic E-state index is 10.8. The summed E-state index contributed by atoms with van der Waals surface area (Å²) in [5.74, 6) is -2.98. The molecule has 0 aliphatic carbocycles. The minimum Gasteiger partial charge on any atom is -0.479 e. The van der Waals surface area contributed by atoms with Crippen LogP contribution in [-0.2, 0) is 14.4 Å². The molecule has 0 atom stereocenters. The number of rotatable bonds is 5. The van der Waals surface area contributed by atoms with Crippen LogP contribution in [0.25, 0.3) is 0 Å². The topological polar surface area (TPSA) is 87.1 Å². The fraction of sp³-hybridized carbons (Fsp3) is 0.200. The molecule has 1 rings (SSSR count). The van der Waals surface area contributed by atoms with E-state index in [9.17, 15) is 9.59 Å². The Labute approximate surface area is 91.6 Å². The van der Waals surface area contributed by atoms with Crippen LogP contribution in [0.15, 0.2) is 30.3 Å². The van der Waals surface area contributed by atoms with E-state index in [4.69, 9.17) is 15.1 Å². The van der Waals surface area contributed by atoms with Gasteiger partial charge in [-0.25, -0.2) is 14.7 Å². The van der Waals surface area contributed by atoms with Crippen LogP contribution in [0.4, 0.5) is 5.69 Å². The zero-order valence-corrected chi connectivity index (χ0v) is 8.53. The Kier molecular flexibility index (Phi) is 3.84. The number of carboxylic acids is 2. The molecule has 0 spiro atoms. The summed E-state index contributed by atoms with van der Waals surface area (Å²) in [6.45, 7) is 0. The summed E-state index contributed by atoms with van der Waals surface area (Å²) in [4.78, 5) is 26.4. The fourth-order valence-corrected chi connectivity index (χ4v) is 1.24. The highest BCUT2D eigenvalue weighted by Crippen LogP contribution is 2.16. The Morgan fingerprint density at radius 1 is 1.19 bits per heavy atom. The molecule has 0 unspecified atom stereocenters. The number of aliphatic carboxylic acids is 2. The minimum atomic E-state index is -1.77. The molecule has 0 heterocycles. The van der Waals surface area contributed by atoms with Gasteiger partial charge in [-0.1, -0.05) is 18.2 Å². The van der Waals surface area contributed by atoms with Gasteiger partial charge in [0, 0.05) is 0 Å². The lowest BCUT2D eigenvalue weighted by molar-refractivity contribution is -0.152. The zero-order chi connectivity index (χ0) is 12.1. The van der Waals surface area contributed by atoms with E-state index < -0.39 is 18.0 Å². The van der Waals surface area contributed by atoms with Crippen molar-refractivity contribution >= 4 is 17.6 Å². The van der Waals surface area contributed by atoms with E-state index in [0.717, 1.165) is 5.06 Å². The molecular weight excluding hydrogens is 214 g/mol. The molecule has 0 aliphatic rings. The molecule has 86 valence electrons. The lowest BCUT2D eigenvalue weighted by Gasteiger charge is -2.25. The summed E-state index contributed by atoms with van der Waals surface area (Å²) in [6.07, 6.45) is 0. The average Bonchev–Trinajstić information content (AvgIpc) is 2.25. The first-order valence-electron chi connectivity index (χ1n) is 4.42. The van der Waals surface area contributed by atoms with Crippen molar-refractivity contribution in [2.24, 2.45) is 0 Å².